The van der Waals surface area contributed by atoms with E-state index in [1.165, 1.54) is 18.2 Å². The molecule has 4 rings (SSSR count). The van der Waals surface area contributed by atoms with Crippen molar-refractivity contribution in [2.45, 2.75) is 19.4 Å². The van der Waals surface area contributed by atoms with Crippen molar-refractivity contribution in [1.82, 2.24) is 20.3 Å². The number of nitrogens with zero attached hydrogens (tertiary/aromatic N) is 3. The van der Waals surface area contributed by atoms with Crippen molar-refractivity contribution in [3.05, 3.63) is 64.7 Å². The first-order valence-electron chi connectivity index (χ1n) is 8.32. The number of carbonyl (C=O) groups excluding carboxylic acids is 1. The number of hydrogen-bond donors (Lipinski definition) is 3. The second kappa shape index (κ2) is 6.31. The van der Waals surface area contributed by atoms with E-state index in [9.17, 15) is 14.3 Å². The lowest BCUT2D eigenvalue weighted by Gasteiger charge is -2.27. The van der Waals surface area contributed by atoms with Gasteiger partial charge in [-0.2, -0.15) is 0 Å². The Balaban J connectivity index is 1.82. The normalized spacial score (nSPS) is 15.9. The molecule has 0 aliphatic carbocycles. The Morgan fingerprint density at radius 1 is 1.22 bits per heavy atom. The van der Waals surface area contributed by atoms with Crippen molar-refractivity contribution in [3.8, 4) is 17.1 Å². The van der Waals surface area contributed by atoms with E-state index in [-0.39, 0.29) is 17.7 Å². The Morgan fingerprint density at radius 3 is 2.81 bits per heavy atom. The van der Waals surface area contributed by atoms with Crippen molar-refractivity contribution >= 4 is 11.9 Å². The van der Waals surface area contributed by atoms with Crippen LogP contribution in [0.3, 0.4) is 0 Å². The first-order chi connectivity index (χ1) is 12.9. The molecule has 0 saturated carbocycles. The summed E-state index contributed by atoms with van der Waals surface area (Å²) in [5.41, 5.74) is 8.77. The molecule has 2 aromatic heterocycles. The van der Waals surface area contributed by atoms with Crippen molar-refractivity contribution < 1.29 is 14.3 Å². The van der Waals surface area contributed by atoms with E-state index in [0.717, 1.165) is 0 Å². The maximum Gasteiger partial charge on any atom is 0.255 e. The number of rotatable bonds is 2. The van der Waals surface area contributed by atoms with Crippen LogP contribution in [0.2, 0.25) is 0 Å². The number of pyridine rings is 1. The number of carbonyl (C=O) groups is 1. The minimum atomic E-state index is -0.446. The summed E-state index contributed by atoms with van der Waals surface area (Å²) in [6, 6.07) is 8.53. The molecule has 1 aliphatic rings. The molecule has 0 fully saturated rings. The van der Waals surface area contributed by atoms with Crippen LogP contribution < -0.4 is 11.1 Å². The minimum Gasteiger partial charge on any atom is -0.493 e. The van der Waals surface area contributed by atoms with E-state index in [1.807, 2.05) is 0 Å². The quantitative estimate of drug-likeness (QED) is 0.642. The topological polar surface area (TPSA) is 114 Å². The van der Waals surface area contributed by atoms with E-state index < -0.39 is 11.9 Å². The fraction of sp³-hybridized carbons (Fsp3) is 0.158. The molecule has 3 aromatic rings. The molecule has 1 amide bonds. The monoisotopic (exact) mass is 365 g/mol. The average Bonchev–Trinajstić information content (AvgIpc) is 2.60. The van der Waals surface area contributed by atoms with Crippen LogP contribution in [0, 0.1) is 12.7 Å². The summed E-state index contributed by atoms with van der Waals surface area (Å²) in [5, 5.41) is 12.6. The van der Waals surface area contributed by atoms with Crippen molar-refractivity contribution in [3.63, 3.8) is 0 Å². The lowest BCUT2D eigenvalue weighted by molar-refractivity contribution is 0.0922. The highest BCUT2D eigenvalue weighted by Crippen LogP contribution is 2.33. The van der Waals surface area contributed by atoms with Crippen LogP contribution >= 0.6 is 0 Å². The summed E-state index contributed by atoms with van der Waals surface area (Å²) >= 11 is 0. The number of nitrogens with two attached hydrogens (primary N) is 1. The van der Waals surface area contributed by atoms with E-state index >= 15 is 0 Å². The van der Waals surface area contributed by atoms with E-state index in [0.29, 0.717) is 40.2 Å². The number of benzene rings is 1. The van der Waals surface area contributed by atoms with Gasteiger partial charge in [-0.1, -0.05) is 12.1 Å². The predicted octanol–water partition coefficient (Wildman–Crippen LogP) is 2.30. The summed E-state index contributed by atoms with van der Waals surface area (Å²) < 4.78 is 13.9. The molecule has 1 atom stereocenters. The first-order valence-corrected chi connectivity index (χ1v) is 8.32. The third-order valence-electron chi connectivity index (χ3n) is 4.51. The predicted molar refractivity (Wildman–Crippen MR) is 96.4 cm³/mol. The highest BCUT2D eigenvalue weighted by atomic mass is 19.1. The maximum atomic E-state index is 13.9. The first kappa shape index (κ1) is 16.9. The highest BCUT2D eigenvalue weighted by Gasteiger charge is 2.30. The van der Waals surface area contributed by atoms with Gasteiger partial charge in [0.05, 0.1) is 28.7 Å². The van der Waals surface area contributed by atoms with Gasteiger partial charge >= 0.3 is 0 Å². The second-order valence-electron chi connectivity index (χ2n) is 6.33. The molecule has 3 heterocycles. The highest BCUT2D eigenvalue weighted by molar-refractivity contribution is 5.98. The lowest BCUT2D eigenvalue weighted by atomic mass is 9.90. The van der Waals surface area contributed by atoms with E-state index in [2.05, 4.69) is 20.3 Å². The number of fused-ring (bicyclic) bond motifs is 1. The molecule has 136 valence electrons. The number of nitrogens with one attached hydrogen (secondary N) is 1. The molecular formula is C19H16FN5O2. The summed E-state index contributed by atoms with van der Waals surface area (Å²) in [7, 11) is 0. The molecule has 1 aliphatic heterocycles. The van der Waals surface area contributed by atoms with Gasteiger partial charge < -0.3 is 16.2 Å². The molecule has 0 unspecified atom stereocenters. The van der Waals surface area contributed by atoms with Gasteiger partial charge in [0.2, 0.25) is 11.8 Å². The van der Waals surface area contributed by atoms with Gasteiger partial charge in [0, 0.05) is 18.1 Å². The van der Waals surface area contributed by atoms with Crippen LogP contribution in [0.4, 0.5) is 10.3 Å². The van der Waals surface area contributed by atoms with Crippen LogP contribution in [0.15, 0.2) is 36.4 Å². The Labute approximate surface area is 154 Å². The van der Waals surface area contributed by atoms with Crippen LogP contribution in [-0.4, -0.2) is 26.0 Å². The molecular weight excluding hydrogens is 349 g/mol. The third-order valence-corrected chi connectivity index (χ3v) is 4.51. The molecule has 0 radical (unpaired) electrons. The van der Waals surface area contributed by atoms with Crippen LogP contribution in [0.1, 0.15) is 33.4 Å². The number of aromatic nitrogens is 3. The summed E-state index contributed by atoms with van der Waals surface area (Å²) in [6.07, 6.45) is 0.381. The van der Waals surface area contributed by atoms with E-state index in [4.69, 9.17) is 5.73 Å². The van der Waals surface area contributed by atoms with Crippen molar-refractivity contribution in [2.75, 3.05) is 5.73 Å². The van der Waals surface area contributed by atoms with Gasteiger partial charge in [0.25, 0.3) is 5.91 Å². The number of nitrogen functional groups attached to an aromatic ring is 1. The Kier molecular flexibility index (Phi) is 3.95. The zero-order valence-electron chi connectivity index (χ0n) is 14.4. The van der Waals surface area contributed by atoms with Crippen LogP contribution in [0.25, 0.3) is 11.3 Å². The average molecular weight is 365 g/mol. The lowest BCUT2D eigenvalue weighted by Crippen LogP contribution is -2.37. The fourth-order valence-corrected chi connectivity index (χ4v) is 3.39. The molecule has 7 nitrogen and oxygen atoms in total. The number of halogens is 1. The van der Waals surface area contributed by atoms with Crippen molar-refractivity contribution in [2.24, 2.45) is 0 Å². The van der Waals surface area contributed by atoms with Gasteiger partial charge in [-0.15, -0.1) is 0 Å². The molecule has 8 heteroatoms. The number of hydrogen-bond acceptors (Lipinski definition) is 6. The van der Waals surface area contributed by atoms with Gasteiger partial charge in [0.15, 0.2) is 0 Å². The summed E-state index contributed by atoms with van der Waals surface area (Å²) in [6.45, 7) is 1.71. The van der Waals surface area contributed by atoms with E-state index in [1.54, 1.807) is 25.1 Å². The maximum absolute atomic E-state index is 13.9. The summed E-state index contributed by atoms with van der Waals surface area (Å²) in [4.78, 5) is 24.9. The molecule has 27 heavy (non-hydrogen) atoms. The number of aromatic hydroxyl groups is 1. The SMILES string of the molecule is Cc1nc(N)nc2c1C(=O)N[C@@H](c1ccc(F)cc1-c1cccc(O)n1)C2. The van der Waals surface area contributed by atoms with Crippen LogP contribution in [-0.2, 0) is 6.42 Å². The minimum absolute atomic E-state index is 0.105. The second-order valence-corrected chi connectivity index (χ2v) is 6.33. The Morgan fingerprint density at radius 2 is 2.04 bits per heavy atom. The molecule has 0 saturated heterocycles. The largest absolute Gasteiger partial charge is 0.493 e. The zero-order valence-corrected chi connectivity index (χ0v) is 14.4. The number of aryl methyl sites for hydroxylation is 1. The Bertz CT molecular complexity index is 1070. The smallest absolute Gasteiger partial charge is 0.255 e. The van der Waals surface area contributed by atoms with Gasteiger partial charge in [-0.05, 0) is 30.7 Å². The van der Waals surface area contributed by atoms with Gasteiger partial charge in [0.1, 0.15) is 5.82 Å². The number of anilines is 1. The molecule has 0 bridgehead atoms. The standard InChI is InChI=1S/C19H16FN5O2/c1-9-17-15(25-19(21)22-9)8-14(24-18(17)27)11-6-5-10(20)7-12(11)13-3-2-4-16(26)23-13/h2-7,14H,8H2,1H3,(H,23,26)(H,24,27)(H2,21,22,25)/t14-/m1/s1. The van der Waals surface area contributed by atoms with Gasteiger partial charge in [-0.25, -0.2) is 19.3 Å². The Hall–Kier alpha value is -3.55. The van der Waals surface area contributed by atoms with Crippen LogP contribution in [0.5, 0.6) is 5.88 Å². The molecule has 0 spiro atoms. The number of amides is 1. The van der Waals surface area contributed by atoms with Gasteiger partial charge in [-0.3, -0.25) is 4.79 Å². The molecule has 4 N–H and O–H groups in total. The third kappa shape index (κ3) is 3.05. The summed E-state index contributed by atoms with van der Waals surface area (Å²) in [5.74, 6) is -0.813. The fourth-order valence-electron chi connectivity index (χ4n) is 3.39. The zero-order chi connectivity index (χ0) is 19.1. The molecule has 1 aromatic carbocycles. The van der Waals surface area contributed by atoms with Crippen molar-refractivity contribution in [1.29, 1.82) is 0 Å².